The summed E-state index contributed by atoms with van der Waals surface area (Å²) in [5, 5.41) is 0. The van der Waals surface area contributed by atoms with E-state index in [9.17, 15) is 9.59 Å². The summed E-state index contributed by atoms with van der Waals surface area (Å²) in [5.41, 5.74) is 1.72. The highest BCUT2D eigenvalue weighted by Gasteiger charge is 2.23. The highest BCUT2D eigenvalue weighted by atomic mass is 79.9. The first-order valence-corrected chi connectivity index (χ1v) is 8.65. The van der Waals surface area contributed by atoms with E-state index in [1.165, 1.54) is 0 Å². The third-order valence-electron chi connectivity index (χ3n) is 3.50. The van der Waals surface area contributed by atoms with Crippen LogP contribution in [0.25, 0.3) is 0 Å². The number of benzene rings is 1. The molecule has 1 aromatic carbocycles. The Morgan fingerprint density at radius 3 is 2.56 bits per heavy atom. The minimum Gasteiger partial charge on any atom is -0.490 e. The molecule has 7 heteroatoms. The quantitative estimate of drug-likeness (QED) is 0.555. The van der Waals surface area contributed by atoms with Gasteiger partial charge >= 0.3 is 11.9 Å². The number of carbonyl (C=O) groups excluding carboxylic acids is 2. The van der Waals surface area contributed by atoms with E-state index < -0.39 is 11.9 Å². The molecule has 0 radical (unpaired) electrons. The topological polar surface area (TPSA) is 77.6 Å². The molecule has 0 fully saturated rings. The van der Waals surface area contributed by atoms with Gasteiger partial charge in [0.1, 0.15) is 24.7 Å². The number of aryl methyl sites for hydroxylation is 1. The number of hydrogen-bond donors (Lipinski definition) is 1. The highest BCUT2D eigenvalue weighted by molar-refractivity contribution is 9.10. The van der Waals surface area contributed by atoms with Crippen LogP contribution in [0.3, 0.4) is 0 Å². The lowest BCUT2D eigenvalue weighted by molar-refractivity contribution is 0.0449. The molecular weight excluding hydrogens is 390 g/mol. The molecule has 1 N–H and O–H groups in total. The number of nitrogens with one attached hydrogen (secondary N) is 1. The number of esters is 2. The summed E-state index contributed by atoms with van der Waals surface area (Å²) in [4.78, 5) is 27.0. The Hall–Kier alpha value is -2.28. The fourth-order valence-corrected chi connectivity index (χ4v) is 2.76. The van der Waals surface area contributed by atoms with E-state index in [1.54, 1.807) is 20.8 Å². The lowest BCUT2D eigenvalue weighted by Gasteiger charge is -2.08. The number of halogens is 1. The molecule has 1 aromatic heterocycles. The van der Waals surface area contributed by atoms with Gasteiger partial charge in [0.15, 0.2) is 0 Å². The van der Waals surface area contributed by atoms with E-state index in [2.05, 4.69) is 20.9 Å². The monoisotopic (exact) mass is 409 g/mol. The third-order valence-corrected chi connectivity index (χ3v) is 4.00. The van der Waals surface area contributed by atoms with Gasteiger partial charge in [-0.05, 0) is 44.5 Å². The number of carbonyl (C=O) groups is 2. The molecule has 0 saturated heterocycles. The molecule has 0 aliphatic heterocycles. The molecule has 2 aromatic rings. The molecule has 0 aliphatic carbocycles. The molecular formula is C18H20BrNO5. The second kappa shape index (κ2) is 8.71. The molecule has 2 rings (SSSR count). The normalized spacial score (nSPS) is 10.4. The van der Waals surface area contributed by atoms with Gasteiger partial charge in [-0.1, -0.05) is 22.0 Å². The summed E-state index contributed by atoms with van der Waals surface area (Å²) in [6.45, 7) is 5.72. The van der Waals surface area contributed by atoms with Crippen molar-refractivity contribution < 1.29 is 23.8 Å². The van der Waals surface area contributed by atoms with Crippen molar-refractivity contribution in [1.29, 1.82) is 0 Å². The Labute approximate surface area is 154 Å². The first kappa shape index (κ1) is 19.1. The maximum absolute atomic E-state index is 12.3. The Balaban J connectivity index is 1.93. The van der Waals surface area contributed by atoms with Gasteiger partial charge in [0.25, 0.3) is 0 Å². The minimum absolute atomic E-state index is 0.101. The lowest BCUT2D eigenvalue weighted by Crippen LogP contribution is -2.14. The number of hydrogen-bond acceptors (Lipinski definition) is 5. The Morgan fingerprint density at radius 2 is 1.88 bits per heavy atom. The van der Waals surface area contributed by atoms with Gasteiger partial charge in [-0.15, -0.1) is 0 Å². The van der Waals surface area contributed by atoms with Crippen LogP contribution in [0.2, 0.25) is 0 Å². The average Bonchev–Trinajstić information content (AvgIpc) is 2.86. The fraction of sp³-hybridized carbons (Fsp3) is 0.333. The molecule has 0 amide bonds. The van der Waals surface area contributed by atoms with Crippen molar-refractivity contribution in [3.8, 4) is 5.75 Å². The maximum Gasteiger partial charge on any atom is 0.355 e. The van der Waals surface area contributed by atoms with Crippen LogP contribution in [0, 0.1) is 13.8 Å². The van der Waals surface area contributed by atoms with Crippen LogP contribution in [-0.2, 0) is 9.47 Å². The highest BCUT2D eigenvalue weighted by Crippen LogP contribution is 2.20. The van der Waals surface area contributed by atoms with Gasteiger partial charge in [-0.3, -0.25) is 0 Å². The van der Waals surface area contributed by atoms with Crippen molar-refractivity contribution in [3.63, 3.8) is 0 Å². The summed E-state index contributed by atoms with van der Waals surface area (Å²) in [6, 6.07) is 7.40. The van der Waals surface area contributed by atoms with Gasteiger partial charge in [-0.25, -0.2) is 9.59 Å². The molecule has 134 valence electrons. The molecule has 25 heavy (non-hydrogen) atoms. The zero-order valence-electron chi connectivity index (χ0n) is 14.3. The van der Waals surface area contributed by atoms with Crippen molar-refractivity contribution in [2.24, 2.45) is 0 Å². The van der Waals surface area contributed by atoms with E-state index in [0.717, 1.165) is 4.47 Å². The molecule has 0 bridgehead atoms. The van der Waals surface area contributed by atoms with Gasteiger partial charge in [0, 0.05) is 10.2 Å². The Bertz CT molecular complexity index is 769. The molecule has 6 nitrogen and oxygen atoms in total. The largest absolute Gasteiger partial charge is 0.490 e. The van der Waals surface area contributed by atoms with Crippen LogP contribution in [0.4, 0.5) is 0 Å². The second-order valence-electron chi connectivity index (χ2n) is 5.29. The van der Waals surface area contributed by atoms with E-state index >= 15 is 0 Å². The van der Waals surface area contributed by atoms with E-state index in [4.69, 9.17) is 14.2 Å². The van der Waals surface area contributed by atoms with E-state index in [1.807, 2.05) is 24.3 Å². The van der Waals surface area contributed by atoms with Crippen LogP contribution >= 0.6 is 15.9 Å². The molecule has 0 saturated carbocycles. The van der Waals surface area contributed by atoms with Gasteiger partial charge in [0.05, 0.1) is 12.2 Å². The number of ether oxygens (including phenoxy) is 3. The van der Waals surface area contributed by atoms with Gasteiger partial charge < -0.3 is 19.2 Å². The van der Waals surface area contributed by atoms with Gasteiger partial charge in [-0.2, -0.15) is 0 Å². The van der Waals surface area contributed by atoms with Crippen LogP contribution in [0.5, 0.6) is 5.75 Å². The molecule has 0 unspecified atom stereocenters. The van der Waals surface area contributed by atoms with Crippen molar-refractivity contribution in [3.05, 3.63) is 51.3 Å². The van der Waals surface area contributed by atoms with Crippen LogP contribution in [-0.4, -0.2) is 36.7 Å². The zero-order chi connectivity index (χ0) is 18.4. The molecule has 1 heterocycles. The first-order valence-electron chi connectivity index (χ1n) is 7.85. The number of aromatic nitrogens is 1. The number of H-pyrrole nitrogens is 1. The van der Waals surface area contributed by atoms with Gasteiger partial charge in [0.2, 0.25) is 0 Å². The average molecular weight is 410 g/mol. The summed E-state index contributed by atoms with van der Waals surface area (Å²) in [7, 11) is 0. The predicted octanol–water partition coefficient (Wildman–Crippen LogP) is 3.81. The Kier molecular flexibility index (Phi) is 6.64. The molecule has 0 spiro atoms. The second-order valence-corrected chi connectivity index (χ2v) is 6.20. The van der Waals surface area contributed by atoms with Crippen molar-refractivity contribution >= 4 is 27.9 Å². The first-order chi connectivity index (χ1) is 11.9. The van der Waals surface area contributed by atoms with E-state index in [-0.39, 0.29) is 25.5 Å². The number of aromatic amines is 1. The standard InChI is InChI=1S/C18H20BrNO5/c1-4-23-18(22)16-11(2)15(12(3)20-16)17(21)25-9-8-24-14-7-5-6-13(19)10-14/h5-7,10,20H,4,8-9H2,1-3H3. The van der Waals surface area contributed by atoms with Crippen LogP contribution in [0.15, 0.2) is 28.7 Å². The molecule has 0 atom stereocenters. The number of rotatable bonds is 7. The summed E-state index contributed by atoms with van der Waals surface area (Å²) < 4.78 is 16.6. The van der Waals surface area contributed by atoms with Crippen molar-refractivity contribution in [2.75, 3.05) is 19.8 Å². The Morgan fingerprint density at radius 1 is 1.12 bits per heavy atom. The summed E-state index contributed by atoms with van der Waals surface area (Å²) in [6.07, 6.45) is 0. The summed E-state index contributed by atoms with van der Waals surface area (Å²) >= 11 is 3.36. The fourth-order valence-electron chi connectivity index (χ4n) is 2.39. The minimum atomic E-state index is -0.500. The summed E-state index contributed by atoms with van der Waals surface area (Å²) in [5.74, 6) is -0.302. The smallest absolute Gasteiger partial charge is 0.355 e. The third kappa shape index (κ3) is 4.85. The van der Waals surface area contributed by atoms with E-state index in [0.29, 0.717) is 22.6 Å². The molecule has 0 aliphatic rings. The zero-order valence-corrected chi connectivity index (χ0v) is 15.9. The predicted molar refractivity (Wildman–Crippen MR) is 96.1 cm³/mol. The van der Waals surface area contributed by atoms with Crippen molar-refractivity contribution in [1.82, 2.24) is 4.98 Å². The van der Waals surface area contributed by atoms with Crippen LogP contribution in [0.1, 0.15) is 39.0 Å². The maximum atomic E-state index is 12.3. The SMILES string of the molecule is CCOC(=O)c1[nH]c(C)c(C(=O)OCCOc2cccc(Br)c2)c1C. The lowest BCUT2D eigenvalue weighted by atomic mass is 10.1. The van der Waals surface area contributed by atoms with Crippen LogP contribution < -0.4 is 4.74 Å². The van der Waals surface area contributed by atoms with Crippen molar-refractivity contribution in [2.45, 2.75) is 20.8 Å².